The summed E-state index contributed by atoms with van der Waals surface area (Å²) >= 11 is 0. The number of hydrogen-bond donors (Lipinski definition) is 2. The molecule has 2 aliphatic heterocycles. The normalized spacial score (nSPS) is 19.6. The molecule has 37 heavy (non-hydrogen) atoms. The Bertz CT molecular complexity index is 1040. The predicted molar refractivity (Wildman–Crippen MR) is 130 cm³/mol. The number of halogens is 3. The van der Waals surface area contributed by atoms with Crippen LogP contribution in [-0.2, 0) is 15.7 Å². The number of amides is 4. The van der Waals surface area contributed by atoms with Crippen molar-refractivity contribution < 1.29 is 32.3 Å². The molecule has 0 aliphatic carbocycles. The molecule has 0 bridgehead atoms. The Labute approximate surface area is 214 Å². The molecule has 1 aromatic rings. The zero-order valence-electron chi connectivity index (χ0n) is 21.5. The van der Waals surface area contributed by atoms with Crippen LogP contribution in [0.3, 0.4) is 0 Å². The van der Waals surface area contributed by atoms with Gasteiger partial charge in [0.1, 0.15) is 0 Å². The topological polar surface area (TPSA) is 94.2 Å². The van der Waals surface area contributed by atoms with E-state index in [-0.39, 0.29) is 42.1 Å². The lowest BCUT2D eigenvalue weighted by Gasteiger charge is -2.37. The number of urea groups is 2. The van der Waals surface area contributed by atoms with Gasteiger partial charge in [0.2, 0.25) is 0 Å². The Morgan fingerprint density at radius 2 is 1.86 bits per heavy atom. The van der Waals surface area contributed by atoms with Gasteiger partial charge in [-0.15, -0.1) is 0 Å². The predicted octanol–water partition coefficient (Wildman–Crippen LogP) is 3.34. The molecule has 1 aromatic carbocycles. The minimum absolute atomic E-state index is 0.00458. The molecule has 1 atom stereocenters. The van der Waals surface area contributed by atoms with Gasteiger partial charge in [0.15, 0.2) is 0 Å². The van der Waals surface area contributed by atoms with Crippen LogP contribution >= 0.6 is 0 Å². The summed E-state index contributed by atoms with van der Waals surface area (Å²) in [5.41, 5.74) is -0.944. The van der Waals surface area contributed by atoms with Crippen molar-refractivity contribution in [3.05, 3.63) is 46.7 Å². The highest BCUT2D eigenvalue weighted by Crippen LogP contribution is 2.39. The van der Waals surface area contributed by atoms with Crippen LogP contribution in [0.25, 0.3) is 0 Å². The summed E-state index contributed by atoms with van der Waals surface area (Å²) in [7, 11) is 1.47. The quantitative estimate of drug-likeness (QED) is 0.556. The van der Waals surface area contributed by atoms with Crippen molar-refractivity contribution in [2.45, 2.75) is 45.5 Å². The number of likely N-dealkylation sites (N-methyl/N-ethyl adjacent to an activating group) is 1. The molecule has 2 N–H and O–H groups in total. The number of carbonyl (C=O) groups excluding carboxylic acids is 3. The summed E-state index contributed by atoms with van der Waals surface area (Å²) in [5.74, 6) is -0.793. The average Bonchev–Trinajstić information content (AvgIpc) is 3.06. The molecular weight excluding hydrogens is 491 g/mol. The number of hydrogen-bond acceptors (Lipinski definition) is 5. The minimum Gasteiger partial charge on any atom is -0.463 e. The van der Waals surface area contributed by atoms with Crippen molar-refractivity contribution in [1.29, 1.82) is 0 Å². The van der Waals surface area contributed by atoms with Crippen LogP contribution in [0.1, 0.15) is 44.4 Å². The summed E-state index contributed by atoms with van der Waals surface area (Å²) in [5, 5.41) is 5.42. The number of alkyl halides is 3. The van der Waals surface area contributed by atoms with Crippen LogP contribution in [0.5, 0.6) is 0 Å². The molecule has 2 heterocycles. The van der Waals surface area contributed by atoms with E-state index in [2.05, 4.69) is 10.6 Å². The van der Waals surface area contributed by atoms with Gasteiger partial charge in [0, 0.05) is 51.5 Å². The molecule has 1 saturated heterocycles. The van der Waals surface area contributed by atoms with Crippen molar-refractivity contribution >= 4 is 18.0 Å². The Hall–Kier alpha value is -3.28. The van der Waals surface area contributed by atoms with Crippen molar-refractivity contribution in [1.82, 2.24) is 25.3 Å². The van der Waals surface area contributed by atoms with E-state index < -0.39 is 29.8 Å². The van der Waals surface area contributed by atoms with Crippen LogP contribution in [0, 0.1) is 0 Å². The third-order valence-electron chi connectivity index (χ3n) is 6.31. The second kappa shape index (κ2) is 11.8. The number of benzene rings is 1. The lowest BCUT2D eigenvalue weighted by molar-refractivity contribution is -0.141. The highest BCUT2D eigenvalue weighted by Gasteiger charge is 2.42. The molecule has 0 unspecified atom stereocenters. The van der Waals surface area contributed by atoms with E-state index in [1.54, 1.807) is 11.8 Å². The van der Waals surface area contributed by atoms with Crippen molar-refractivity contribution in [2.75, 3.05) is 46.4 Å². The average molecular weight is 526 g/mol. The van der Waals surface area contributed by atoms with Crippen molar-refractivity contribution in [3.8, 4) is 0 Å². The number of ether oxygens (including phenoxy) is 1. The Kier molecular flexibility index (Phi) is 9.06. The summed E-state index contributed by atoms with van der Waals surface area (Å²) in [6, 6.07) is 2.74. The number of esters is 1. The first-order valence-electron chi connectivity index (χ1n) is 12.3. The van der Waals surface area contributed by atoms with E-state index in [0.717, 1.165) is 6.07 Å². The van der Waals surface area contributed by atoms with E-state index in [4.69, 9.17) is 4.74 Å². The zero-order valence-corrected chi connectivity index (χ0v) is 21.5. The minimum atomic E-state index is -4.69. The first kappa shape index (κ1) is 28.3. The molecule has 0 aromatic heterocycles. The summed E-state index contributed by atoms with van der Waals surface area (Å²) in [6.45, 7) is 7.51. The highest BCUT2D eigenvalue weighted by atomic mass is 19.4. The highest BCUT2D eigenvalue weighted by molar-refractivity contribution is 5.95. The lowest BCUT2D eigenvalue weighted by atomic mass is 9.90. The third kappa shape index (κ3) is 6.73. The summed E-state index contributed by atoms with van der Waals surface area (Å²) in [4.78, 5) is 43.4. The van der Waals surface area contributed by atoms with Gasteiger partial charge < -0.3 is 20.3 Å². The molecule has 3 rings (SSSR count). The van der Waals surface area contributed by atoms with Gasteiger partial charge in [0.25, 0.3) is 0 Å². The fourth-order valence-electron chi connectivity index (χ4n) is 4.52. The van der Waals surface area contributed by atoms with Gasteiger partial charge in [0.05, 0.1) is 23.8 Å². The second-order valence-electron chi connectivity index (χ2n) is 9.33. The summed E-state index contributed by atoms with van der Waals surface area (Å²) in [6.07, 6.45) is -4.03. The summed E-state index contributed by atoms with van der Waals surface area (Å²) < 4.78 is 46.8. The van der Waals surface area contributed by atoms with Crippen LogP contribution in [0.2, 0.25) is 0 Å². The molecule has 1 fully saturated rings. The molecule has 9 nitrogen and oxygen atoms in total. The van der Waals surface area contributed by atoms with E-state index >= 15 is 0 Å². The second-order valence-corrected chi connectivity index (χ2v) is 9.33. The molecule has 0 saturated carbocycles. The number of rotatable bonds is 6. The van der Waals surface area contributed by atoms with Crippen LogP contribution < -0.4 is 10.6 Å². The van der Waals surface area contributed by atoms with Gasteiger partial charge >= 0.3 is 24.2 Å². The van der Waals surface area contributed by atoms with Gasteiger partial charge in [-0.05, 0) is 38.8 Å². The van der Waals surface area contributed by atoms with E-state index in [1.807, 2.05) is 18.7 Å². The van der Waals surface area contributed by atoms with Crippen molar-refractivity contribution in [3.63, 3.8) is 0 Å². The van der Waals surface area contributed by atoms with Crippen LogP contribution in [0.4, 0.5) is 22.8 Å². The lowest BCUT2D eigenvalue weighted by Crippen LogP contribution is -2.50. The number of nitrogens with one attached hydrogen (secondary N) is 2. The van der Waals surface area contributed by atoms with E-state index in [1.165, 1.54) is 30.1 Å². The Morgan fingerprint density at radius 1 is 1.16 bits per heavy atom. The third-order valence-corrected chi connectivity index (χ3v) is 6.31. The Morgan fingerprint density at radius 3 is 2.51 bits per heavy atom. The molecule has 204 valence electrons. The first-order valence-corrected chi connectivity index (χ1v) is 12.3. The smallest absolute Gasteiger partial charge is 0.416 e. The van der Waals surface area contributed by atoms with Gasteiger partial charge in [-0.2, -0.15) is 13.2 Å². The maximum Gasteiger partial charge on any atom is 0.416 e. The van der Waals surface area contributed by atoms with Gasteiger partial charge in [-0.3, -0.25) is 9.80 Å². The molecule has 4 amide bonds. The molecule has 12 heteroatoms. The Balaban J connectivity index is 1.98. The fraction of sp³-hybridized carbons (Fsp3) is 0.560. The standard InChI is InChI=1S/C25H34F3N5O4/c1-5-37-22(34)20-19(15-32-11-8-12-33(14-13-32)24(36)29-16(2)3)31(4)23(35)30-21(20)17-9-6-7-10-18(17)25(26,27)28/h6-7,9-10,16,21H,5,8,11-15H2,1-4H3,(H,29,36)(H,30,35)/t21-/m0/s1. The van der Waals surface area contributed by atoms with Crippen LogP contribution in [-0.4, -0.2) is 85.2 Å². The van der Waals surface area contributed by atoms with Gasteiger partial charge in [-0.25, -0.2) is 14.4 Å². The molecular formula is C25H34F3N5O4. The number of carbonyl (C=O) groups is 3. The molecule has 0 spiro atoms. The first-order chi connectivity index (χ1) is 17.4. The van der Waals surface area contributed by atoms with E-state index in [9.17, 15) is 27.6 Å². The SMILES string of the molecule is CCOC(=O)C1=C(CN2CCCN(C(=O)NC(C)C)CC2)N(C)C(=O)N[C@H]1c1ccccc1C(F)(F)F. The largest absolute Gasteiger partial charge is 0.463 e. The maximum absolute atomic E-state index is 13.8. The fourth-order valence-corrected chi connectivity index (χ4v) is 4.52. The zero-order chi connectivity index (χ0) is 27.3. The maximum atomic E-state index is 13.8. The molecule has 2 aliphatic rings. The molecule has 0 radical (unpaired) electrons. The monoisotopic (exact) mass is 525 g/mol. The van der Waals surface area contributed by atoms with Gasteiger partial charge in [-0.1, -0.05) is 18.2 Å². The van der Waals surface area contributed by atoms with E-state index in [0.29, 0.717) is 32.6 Å². The van der Waals surface area contributed by atoms with Crippen LogP contribution in [0.15, 0.2) is 35.5 Å². The number of nitrogens with zero attached hydrogens (tertiary/aromatic N) is 3. The van der Waals surface area contributed by atoms with Crippen molar-refractivity contribution in [2.24, 2.45) is 0 Å².